The van der Waals surface area contributed by atoms with Crippen molar-refractivity contribution in [1.29, 1.82) is 0 Å². The Morgan fingerprint density at radius 1 is 1.06 bits per heavy atom. The van der Waals surface area contributed by atoms with Gasteiger partial charge in [0.15, 0.2) is 5.82 Å². The van der Waals surface area contributed by atoms with E-state index in [1.807, 2.05) is 65.6 Å². The predicted molar refractivity (Wildman–Crippen MR) is 139 cm³/mol. The second kappa shape index (κ2) is 10.2. The smallest absolute Gasteiger partial charge is 0.332 e. The normalized spacial score (nSPS) is 11.4. The zero-order chi connectivity index (χ0) is 25.1. The van der Waals surface area contributed by atoms with E-state index in [9.17, 15) is 4.79 Å². The Bertz CT molecular complexity index is 1490. The molecule has 36 heavy (non-hydrogen) atoms. The number of H-pyrrole nitrogens is 1. The number of imidazole rings is 1. The molecule has 4 aromatic heterocycles. The Morgan fingerprint density at radius 2 is 1.86 bits per heavy atom. The van der Waals surface area contributed by atoms with Crippen LogP contribution in [0.25, 0.3) is 28.3 Å². The summed E-state index contributed by atoms with van der Waals surface area (Å²) < 4.78 is 5.79. The minimum atomic E-state index is -0.0373. The van der Waals surface area contributed by atoms with Crippen LogP contribution in [0.4, 0.5) is 0 Å². The van der Waals surface area contributed by atoms with Gasteiger partial charge in [0.25, 0.3) is 0 Å². The summed E-state index contributed by atoms with van der Waals surface area (Å²) in [6, 6.07) is 14.3. The van der Waals surface area contributed by atoms with Gasteiger partial charge < -0.3 is 4.57 Å². The van der Waals surface area contributed by atoms with Crippen LogP contribution in [0.5, 0.6) is 0 Å². The van der Waals surface area contributed by atoms with Crippen LogP contribution in [0, 0.1) is 0 Å². The van der Waals surface area contributed by atoms with Crippen molar-refractivity contribution >= 4 is 0 Å². The second-order valence-electron chi connectivity index (χ2n) is 9.19. The lowest BCUT2D eigenvalue weighted by molar-refractivity contribution is 0.583. The van der Waals surface area contributed by atoms with Crippen molar-refractivity contribution in [2.45, 2.75) is 52.6 Å². The number of aryl methyl sites for hydroxylation is 1. The molecule has 9 heteroatoms. The minimum absolute atomic E-state index is 0.0373. The summed E-state index contributed by atoms with van der Waals surface area (Å²) in [7, 11) is 0. The van der Waals surface area contributed by atoms with Gasteiger partial charge in [-0.15, -0.1) is 5.10 Å². The number of aromatic nitrogens is 8. The van der Waals surface area contributed by atoms with E-state index in [4.69, 9.17) is 0 Å². The zero-order valence-corrected chi connectivity index (χ0v) is 20.8. The van der Waals surface area contributed by atoms with Crippen molar-refractivity contribution in [1.82, 2.24) is 39.3 Å². The van der Waals surface area contributed by atoms with Gasteiger partial charge in [0.2, 0.25) is 0 Å². The van der Waals surface area contributed by atoms with Crippen molar-refractivity contribution < 1.29 is 0 Å². The third-order valence-electron chi connectivity index (χ3n) is 6.45. The molecular weight excluding hydrogens is 452 g/mol. The SMILES string of the molecule is CCCCc1cn(-c2cccn2C(C)C)c(=O)n1Cc1cnccc1-c1ccc(-c2nnn[nH]2)cc1. The molecule has 0 fully saturated rings. The fourth-order valence-corrected chi connectivity index (χ4v) is 4.54. The highest BCUT2D eigenvalue weighted by molar-refractivity contribution is 5.69. The maximum absolute atomic E-state index is 13.7. The fourth-order valence-electron chi connectivity index (χ4n) is 4.54. The summed E-state index contributed by atoms with van der Waals surface area (Å²) in [5, 5.41) is 14.1. The van der Waals surface area contributed by atoms with Crippen LogP contribution in [-0.4, -0.2) is 39.3 Å². The minimum Gasteiger partial charge on any atom is -0.332 e. The van der Waals surface area contributed by atoms with E-state index >= 15 is 0 Å². The van der Waals surface area contributed by atoms with E-state index in [2.05, 4.69) is 50.9 Å². The number of nitrogens with one attached hydrogen (secondary N) is 1. The third kappa shape index (κ3) is 4.51. The highest BCUT2D eigenvalue weighted by atomic mass is 16.1. The van der Waals surface area contributed by atoms with Gasteiger partial charge in [-0.2, -0.15) is 0 Å². The largest absolute Gasteiger partial charge is 0.334 e. The molecule has 0 bridgehead atoms. The average Bonchev–Trinajstić information content (AvgIpc) is 3.65. The van der Waals surface area contributed by atoms with Gasteiger partial charge in [0.1, 0.15) is 5.82 Å². The molecule has 5 aromatic rings. The Labute approximate surface area is 209 Å². The van der Waals surface area contributed by atoms with E-state index in [0.717, 1.165) is 53.0 Å². The van der Waals surface area contributed by atoms with Crippen LogP contribution in [0.1, 0.15) is 50.9 Å². The topological polar surface area (TPSA) is 99.2 Å². The quantitative estimate of drug-likeness (QED) is 0.330. The number of pyridine rings is 1. The predicted octanol–water partition coefficient (Wildman–Crippen LogP) is 4.65. The van der Waals surface area contributed by atoms with E-state index < -0.39 is 0 Å². The van der Waals surface area contributed by atoms with Crippen LogP contribution in [0.3, 0.4) is 0 Å². The molecule has 1 aromatic carbocycles. The van der Waals surface area contributed by atoms with Crippen molar-refractivity contribution in [2.75, 3.05) is 0 Å². The van der Waals surface area contributed by atoms with Gasteiger partial charge in [-0.25, -0.2) is 9.89 Å². The number of aromatic amines is 1. The van der Waals surface area contributed by atoms with Gasteiger partial charge >= 0.3 is 5.69 Å². The molecule has 0 saturated heterocycles. The first-order valence-electron chi connectivity index (χ1n) is 12.3. The number of hydrogen-bond donors (Lipinski definition) is 1. The van der Waals surface area contributed by atoms with Crippen LogP contribution in [0.15, 0.2) is 72.0 Å². The van der Waals surface area contributed by atoms with Crippen LogP contribution >= 0.6 is 0 Å². The van der Waals surface area contributed by atoms with Crippen LogP contribution in [-0.2, 0) is 13.0 Å². The number of nitrogens with zero attached hydrogens (tertiary/aromatic N) is 7. The van der Waals surface area contributed by atoms with Crippen LogP contribution in [0.2, 0.25) is 0 Å². The van der Waals surface area contributed by atoms with E-state index in [0.29, 0.717) is 12.4 Å². The summed E-state index contributed by atoms with van der Waals surface area (Å²) >= 11 is 0. The van der Waals surface area contributed by atoms with E-state index in [1.54, 1.807) is 10.8 Å². The molecule has 0 amide bonds. The summed E-state index contributed by atoms with van der Waals surface area (Å²) in [6.07, 6.45) is 10.6. The lowest BCUT2D eigenvalue weighted by Gasteiger charge is -2.13. The molecule has 0 atom stereocenters. The Kier molecular flexibility index (Phi) is 6.62. The first kappa shape index (κ1) is 23.5. The van der Waals surface area contributed by atoms with Gasteiger partial charge in [-0.05, 0) is 72.0 Å². The molecule has 0 aliphatic rings. The average molecular weight is 483 g/mol. The highest BCUT2D eigenvalue weighted by Crippen LogP contribution is 2.26. The standard InChI is InChI=1S/C27H30N8O/c1-4-5-7-23-18-35(25-8-6-15-33(25)19(2)3)27(36)34(23)17-22-16-28-14-13-24(22)20-9-11-21(12-10-20)26-29-31-32-30-26/h6,8-16,18-19H,4-5,7,17H2,1-3H3,(H,29,30,31,32). The Morgan fingerprint density at radius 3 is 2.58 bits per heavy atom. The maximum Gasteiger partial charge on any atom is 0.334 e. The summed E-state index contributed by atoms with van der Waals surface area (Å²) in [6.45, 7) is 6.86. The van der Waals surface area contributed by atoms with E-state index in [-0.39, 0.29) is 11.7 Å². The third-order valence-corrected chi connectivity index (χ3v) is 6.45. The van der Waals surface area contributed by atoms with Crippen molar-refractivity contribution in [2.24, 2.45) is 0 Å². The van der Waals surface area contributed by atoms with E-state index in [1.165, 1.54) is 0 Å². The molecule has 184 valence electrons. The van der Waals surface area contributed by atoms with Crippen molar-refractivity contribution in [3.8, 4) is 28.3 Å². The van der Waals surface area contributed by atoms with Gasteiger partial charge in [0.05, 0.1) is 6.54 Å². The molecule has 0 spiro atoms. The zero-order valence-electron chi connectivity index (χ0n) is 20.8. The highest BCUT2D eigenvalue weighted by Gasteiger charge is 2.17. The first-order valence-corrected chi connectivity index (χ1v) is 12.3. The number of benzene rings is 1. The Hall–Kier alpha value is -4.27. The molecule has 4 heterocycles. The summed E-state index contributed by atoms with van der Waals surface area (Å²) in [5.41, 5.74) is 4.97. The summed E-state index contributed by atoms with van der Waals surface area (Å²) in [4.78, 5) is 18.1. The lowest BCUT2D eigenvalue weighted by atomic mass is 10.00. The van der Waals surface area contributed by atoms with Crippen molar-refractivity contribution in [3.63, 3.8) is 0 Å². The molecular formula is C27H30N8O. The molecule has 5 rings (SSSR count). The first-order chi connectivity index (χ1) is 17.6. The molecule has 0 radical (unpaired) electrons. The fraction of sp³-hybridized carbons (Fsp3) is 0.296. The van der Waals surface area contributed by atoms with Gasteiger partial charge in [0, 0.05) is 42.1 Å². The monoisotopic (exact) mass is 482 g/mol. The number of tetrazole rings is 1. The molecule has 0 unspecified atom stereocenters. The second-order valence-corrected chi connectivity index (χ2v) is 9.19. The van der Waals surface area contributed by atoms with Gasteiger partial charge in [-0.1, -0.05) is 37.6 Å². The molecule has 0 aliphatic heterocycles. The maximum atomic E-state index is 13.7. The molecule has 9 nitrogen and oxygen atoms in total. The molecule has 0 aliphatic carbocycles. The number of hydrogen-bond acceptors (Lipinski definition) is 5. The molecule has 1 N–H and O–H groups in total. The lowest BCUT2D eigenvalue weighted by Crippen LogP contribution is -2.26. The Balaban J connectivity index is 1.53. The number of unbranched alkanes of at least 4 members (excludes halogenated alkanes) is 1. The van der Waals surface area contributed by atoms with Crippen LogP contribution < -0.4 is 5.69 Å². The van der Waals surface area contributed by atoms with Crippen molar-refractivity contribution in [3.05, 3.63) is 89.0 Å². The molecule has 0 saturated carbocycles. The summed E-state index contributed by atoms with van der Waals surface area (Å²) in [5.74, 6) is 1.51. The number of rotatable bonds is 9. The van der Waals surface area contributed by atoms with Gasteiger partial charge in [-0.3, -0.25) is 14.1 Å².